The highest BCUT2D eigenvalue weighted by Crippen LogP contribution is 2.21. The number of carbonyl (C=O) groups excluding carboxylic acids is 2. The lowest BCUT2D eigenvalue weighted by atomic mass is 10.1. The van der Waals surface area contributed by atoms with Crippen molar-refractivity contribution in [2.24, 2.45) is 0 Å². The molecule has 0 atom stereocenters. The molecule has 2 amide bonds. The van der Waals surface area contributed by atoms with Crippen LogP contribution >= 0.6 is 11.6 Å². The minimum absolute atomic E-state index is 0.176. The fourth-order valence-electron chi connectivity index (χ4n) is 2.80. The summed E-state index contributed by atoms with van der Waals surface area (Å²) >= 11 is 5.85. The van der Waals surface area contributed by atoms with Crippen LogP contribution in [0.5, 0.6) is 5.75 Å². The second kappa shape index (κ2) is 9.09. The number of rotatable bonds is 7. The fraction of sp³-hybridized carbons (Fsp3) is 0.579. The van der Waals surface area contributed by atoms with Crippen molar-refractivity contribution in [3.05, 3.63) is 29.3 Å². The summed E-state index contributed by atoms with van der Waals surface area (Å²) in [6, 6.07) is 6.93. The zero-order valence-corrected chi connectivity index (χ0v) is 15.8. The van der Waals surface area contributed by atoms with E-state index in [9.17, 15) is 9.59 Å². The fourth-order valence-corrected chi connectivity index (χ4v) is 2.93. The number of halogens is 1. The maximum Gasteiger partial charge on any atom is 0.263 e. The number of benzene rings is 1. The molecule has 5 nitrogen and oxygen atoms in total. The third kappa shape index (κ3) is 6.24. The average molecular weight is 367 g/mol. The summed E-state index contributed by atoms with van der Waals surface area (Å²) < 4.78 is 5.76. The summed E-state index contributed by atoms with van der Waals surface area (Å²) in [4.78, 5) is 26.2. The molecule has 0 spiro atoms. The molecule has 1 aliphatic rings. The lowest BCUT2D eigenvalue weighted by Crippen LogP contribution is -2.47. The average Bonchev–Trinajstić information content (AvgIpc) is 2.78. The molecule has 1 fully saturated rings. The van der Waals surface area contributed by atoms with Crippen LogP contribution in [-0.2, 0) is 9.59 Å². The predicted molar refractivity (Wildman–Crippen MR) is 98.8 cm³/mol. The van der Waals surface area contributed by atoms with Gasteiger partial charge in [0.05, 0.1) is 0 Å². The zero-order valence-electron chi connectivity index (χ0n) is 15.0. The van der Waals surface area contributed by atoms with Crippen LogP contribution in [0, 0.1) is 0 Å². The standard InChI is InChI=1S/C19H27ClN2O3/c1-19(2,25-16-10-8-15(20)9-11-16)18(24)21-12-6-14-22-13-5-3-4-7-17(22)23/h8-11H,3-7,12-14H2,1-2H3,(H,21,24). The van der Waals surface area contributed by atoms with Crippen molar-refractivity contribution < 1.29 is 14.3 Å². The second-order valence-electron chi connectivity index (χ2n) is 6.87. The third-order valence-electron chi connectivity index (χ3n) is 4.30. The van der Waals surface area contributed by atoms with Crippen molar-refractivity contribution in [3.63, 3.8) is 0 Å². The number of nitrogens with zero attached hydrogens (tertiary/aromatic N) is 1. The van der Waals surface area contributed by atoms with E-state index in [1.807, 2.05) is 4.90 Å². The first kappa shape index (κ1) is 19.6. The summed E-state index contributed by atoms with van der Waals surface area (Å²) in [6.45, 7) is 5.51. The third-order valence-corrected chi connectivity index (χ3v) is 4.55. The first-order valence-electron chi connectivity index (χ1n) is 8.89. The van der Waals surface area contributed by atoms with Crippen molar-refractivity contribution in [2.75, 3.05) is 19.6 Å². The molecule has 1 aromatic rings. The maximum atomic E-state index is 12.4. The molecule has 1 heterocycles. The van der Waals surface area contributed by atoms with E-state index < -0.39 is 5.60 Å². The number of hydrogen-bond acceptors (Lipinski definition) is 3. The van der Waals surface area contributed by atoms with Crippen LogP contribution < -0.4 is 10.1 Å². The molecule has 0 radical (unpaired) electrons. The van der Waals surface area contributed by atoms with E-state index in [2.05, 4.69) is 5.32 Å². The van der Waals surface area contributed by atoms with Gasteiger partial charge in [-0.05, 0) is 57.4 Å². The molecule has 0 aliphatic carbocycles. The molecule has 1 aliphatic heterocycles. The van der Waals surface area contributed by atoms with Gasteiger partial charge >= 0.3 is 0 Å². The lowest BCUT2D eigenvalue weighted by molar-refractivity contribution is -0.134. The van der Waals surface area contributed by atoms with Gasteiger partial charge in [-0.15, -0.1) is 0 Å². The van der Waals surface area contributed by atoms with Crippen LogP contribution in [0.1, 0.15) is 46.0 Å². The van der Waals surface area contributed by atoms with Gasteiger partial charge < -0.3 is 15.0 Å². The second-order valence-corrected chi connectivity index (χ2v) is 7.30. The van der Waals surface area contributed by atoms with Gasteiger partial charge in [-0.1, -0.05) is 18.0 Å². The van der Waals surface area contributed by atoms with Gasteiger partial charge in [-0.2, -0.15) is 0 Å². The van der Waals surface area contributed by atoms with Crippen molar-refractivity contribution >= 4 is 23.4 Å². The molecule has 138 valence electrons. The molecule has 1 saturated heterocycles. The Morgan fingerprint density at radius 1 is 1.24 bits per heavy atom. The highest BCUT2D eigenvalue weighted by Gasteiger charge is 2.29. The van der Waals surface area contributed by atoms with Crippen LogP contribution in [0.3, 0.4) is 0 Å². The van der Waals surface area contributed by atoms with Crippen LogP contribution in [0.25, 0.3) is 0 Å². The topological polar surface area (TPSA) is 58.6 Å². The highest BCUT2D eigenvalue weighted by molar-refractivity contribution is 6.30. The minimum atomic E-state index is -0.980. The van der Waals surface area contributed by atoms with Crippen molar-refractivity contribution in [3.8, 4) is 5.75 Å². The Morgan fingerprint density at radius 2 is 1.96 bits per heavy atom. The van der Waals surface area contributed by atoms with E-state index in [-0.39, 0.29) is 11.8 Å². The lowest BCUT2D eigenvalue weighted by Gasteiger charge is -2.26. The minimum Gasteiger partial charge on any atom is -0.478 e. The Hall–Kier alpha value is -1.75. The molecule has 0 unspecified atom stereocenters. The van der Waals surface area contributed by atoms with Crippen LogP contribution in [0.2, 0.25) is 5.02 Å². The molecular formula is C19H27ClN2O3. The molecule has 0 aromatic heterocycles. The number of carbonyl (C=O) groups is 2. The molecule has 1 aromatic carbocycles. The SMILES string of the molecule is CC(C)(Oc1ccc(Cl)cc1)C(=O)NCCCN1CCCCCC1=O. The van der Waals surface area contributed by atoms with Gasteiger partial charge in [-0.3, -0.25) is 9.59 Å². The van der Waals surface area contributed by atoms with Gasteiger partial charge in [0.2, 0.25) is 5.91 Å². The summed E-state index contributed by atoms with van der Waals surface area (Å²) in [6.07, 6.45) is 4.57. The summed E-state index contributed by atoms with van der Waals surface area (Å²) in [5.41, 5.74) is -0.980. The number of hydrogen-bond donors (Lipinski definition) is 1. The van der Waals surface area contributed by atoms with Gasteiger partial charge in [0, 0.05) is 31.1 Å². The van der Waals surface area contributed by atoms with Crippen molar-refractivity contribution in [1.29, 1.82) is 0 Å². The Kier molecular flexibility index (Phi) is 7.12. The number of nitrogens with one attached hydrogen (secondary N) is 1. The van der Waals surface area contributed by atoms with Crippen LogP contribution in [0.4, 0.5) is 0 Å². The Morgan fingerprint density at radius 3 is 2.68 bits per heavy atom. The van der Waals surface area contributed by atoms with Crippen LogP contribution in [-0.4, -0.2) is 41.9 Å². The molecule has 0 bridgehead atoms. The largest absolute Gasteiger partial charge is 0.478 e. The first-order valence-corrected chi connectivity index (χ1v) is 9.27. The molecule has 1 N–H and O–H groups in total. The highest BCUT2D eigenvalue weighted by atomic mass is 35.5. The van der Waals surface area contributed by atoms with Gasteiger partial charge in [0.15, 0.2) is 5.60 Å². The molecule has 6 heteroatoms. The van der Waals surface area contributed by atoms with Crippen molar-refractivity contribution in [1.82, 2.24) is 10.2 Å². The summed E-state index contributed by atoms with van der Waals surface area (Å²) in [5, 5.41) is 3.52. The van der Waals surface area contributed by atoms with Gasteiger partial charge in [-0.25, -0.2) is 0 Å². The van der Waals surface area contributed by atoms with Crippen LogP contribution in [0.15, 0.2) is 24.3 Å². The van der Waals surface area contributed by atoms with E-state index in [0.29, 0.717) is 30.3 Å². The van der Waals surface area contributed by atoms with E-state index >= 15 is 0 Å². The number of likely N-dealkylation sites (tertiary alicyclic amines) is 1. The van der Waals surface area contributed by atoms with Gasteiger partial charge in [0.1, 0.15) is 5.75 Å². The van der Waals surface area contributed by atoms with E-state index in [1.165, 1.54) is 0 Å². The normalized spacial score (nSPS) is 15.6. The Balaban J connectivity index is 1.74. The van der Waals surface area contributed by atoms with Crippen molar-refractivity contribution in [2.45, 2.75) is 51.6 Å². The maximum absolute atomic E-state index is 12.4. The quantitative estimate of drug-likeness (QED) is 0.752. The number of ether oxygens (including phenoxy) is 1. The molecule has 2 rings (SSSR count). The van der Waals surface area contributed by atoms with Gasteiger partial charge in [0.25, 0.3) is 5.91 Å². The molecule has 25 heavy (non-hydrogen) atoms. The summed E-state index contributed by atoms with van der Waals surface area (Å²) in [5.74, 6) is 0.652. The van der Waals surface area contributed by atoms with E-state index in [0.717, 1.165) is 32.2 Å². The molecular weight excluding hydrogens is 340 g/mol. The van der Waals surface area contributed by atoms with E-state index in [1.54, 1.807) is 38.1 Å². The predicted octanol–water partition coefficient (Wildman–Crippen LogP) is 3.41. The number of amides is 2. The Bertz CT molecular complexity index is 587. The first-order chi connectivity index (χ1) is 11.9. The zero-order chi connectivity index (χ0) is 18.3. The summed E-state index contributed by atoms with van der Waals surface area (Å²) in [7, 11) is 0. The van der Waals surface area contributed by atoms with E-state index in [4.69, 9.17) is 16.3 Å². The molecule has 0 saturated carbocycles. The monoisotopic (exact) mass is 366 g/mol. The smallest absolute Gasteiger partial charge is 0.263 e. The Labute approximate surface area is 154 Å².